The number of rotatable bonds is 6. The lowest BCUT2D eigenvalue weighted by molar-refractivity contribution is -0.431. The van der Waals surface area contributed by atoms with Crippen molar-refractivity contribution in [3.8, 4) is 0 Å². The van der Waals surface area contributed by atoms with E-state index in [1.54, 1.807) is 20.8 Å². The molecule has 0 aliphatic heterocycles. The minimum Gasteiger partial charge on any atom is -0.464 e. The van der Waals surface area contributed by atoms with E-state index in [4.69, 9.17) is 4.74 Å². The van der Waals surface area contributed by atoms with Gasteiger partial charge >= 0.3 is 5.97 Å². The molecule has 7 nitrogen and oxygen atoms in total. The lowest BCUT2D eigenvalue weighted by Crippen LogP contribution is -2.37. The maximum atomic E-state index is 14.0. The number of carbonyl (C=O) groups is 1. The Hall–Kier alpha value is -2.25. The SMILES string of the molecule is CCOC(=O)C(C)(C)n1cc(F)c(/C=C(\C(C)C)[N+](=O)[O-])n1. The number of nitrogens with zero attached hydrogens (tertiary/aromatic N) is 3. The van der Waals surface area contributed by atoms with Gasteiger partial charge in [0.05, 0.1) is 17.7 Å². The molecule has 122 valence electrons. The van der Waals surface area contributed by atoms with Gasteiger partial charge in [0.2, 0.25) is 0 Å². The number of esters is 1. The van der Waals surface area contributed by atoms with Crippen molar-refractivity contribution in [3.05, 3.63) is 33.5 Å². The van der Waals surface area contributed by atoms with Crippen LogP contribution in [-0.2, 0) is 15.1 Å². The second-order valence-electron chi connectivity index (χ2n) is 5.57. The zero-order valence-electron chi connectivity index (χ0n) is 13.3. The van der Waals surface area contributed by atoms with Crippen LogP contribution in [0.5, 0.6) is 0 Å². The van der Waals surface area contributed by atoms with Gasteiger partial charge in [-0.1, -0.05) is 13.8 Å². The molecule has 1 heterocycles. The summed E-state index contributed by atoms with van der Waals surface area (Å²) in [6.07, 6.45) is 2.11. The van der Waals surface area contributed by atoms with Gasteiger partial charge in [-0.05, 0) is 20.8 Å². The molecule has 8 heteroatoms. The highest BCUT2D eigenvalue weighted by molar-refractivity contribution is 5.77. The van der Waals surface area contributed by atoms with Gasteiger partial charge in [0.25, 0.3) is 5.70 Å². The third kappa shape index (κ3) is 3.69. The molecule has 0 aromatic carbocycles. The number of hydrogen-bond acceptors (Lipinski definition) is 5. The average molecular weight is 313 g/mol. The Morgan fingerprint density at radius 1 is 1.59 bits per heavy atom. The summed E-state index contributed by atoms with van der Waals surface area (Å²) in [6.45, 7) is 8.18. The predicted molar refractivity (Wildman–Crippen MR) is 77.9 cm³/mol. The summed E-state index contributed by atoms with van der Waals surface area (Å²) in [5.41, 5.74) is -1.55. The number of carbonyl (C=O) groups excluding carboxylic acids is 1. The molecule has 0 saturated carbocycles. The molecule has 0 saturated heterocycles. The van der Waals surface area contributed by atoms with Crippen molar-refractivity contribution in [2.45, 2.75) is 40.2 Å². The van der Waals surface area contributed by atoms with E-state index < -0.39 is 28.2 Å². The maximum absolute atomic E-state index is 14.0. The van der Waals surface area contributed by atoms with E-state index in [0.717, 1.165) is 17.0 Å². The second-order valence-corrected chi connectivity index (χ2v) is 5.57. The van der Waals surface area contributed by atoms with Crippen LogP contribution in [-0.4, -0.2) is 27.3 Å². The Bertz CT molecular complexity index is 605. The van der Waals surface area contributed by atoms with Gasteiger partial charge in [0, 0.05) is 12.0 Å². The van der Waals surface area contributed by atoms with Gasteiger partial charge in [-0.25, -0.2) is 9.18 Å². The third-order valence-corrected chi connectivity index (χ3v) is 3.13. The van der Waals surface area contributed by atoms with Crippen molar-refractivity contribution in [1.82, 2.24) is 9.78 Å². The van der Waals surface area contributed by atoms with Crippen molar-refractivity contribution in [2.75, 3.05) is 6.61 Å². The highest BCUT2D eigenvalue weighted by atomic mass is 19.1. The van der Waals surface area contributed by atoms with E-state index in [0.29, 0.717) is 0 Å². The summed E-state index contributed by atoms with van der Waals surface area (Å²) in [4.78, 5) is 22.3. The number of ether oxygens (including phenoxy) is 1. The standard InChI is InChI=1S/C14H20FN3O4/c1-6-22-13(19)14(4,5)17-8-10(15)11(16-17)7-12(9(2)3)18(20)21/h7-9H,6H2,1-5H3/b12-7+. The van der Waals surface area contributed by atoms with Gasteiger partial charge in [-0.2, -0.15) is 5.10 Å². The number of allylic oxidation sites excluding steroid dienone is 1. The minimum atomic E-state index is -1.21. The molecule has 0 bridgehead atoms. The number of nitro groups is 1. The smallest absolute Gasteiger partial charge is 0.333 e. The van der Waals surface area contributed by atoms with Crippen LogP contribution in [0.4, 0.5) is 4.39 Å². The van der Waals surface area contributed by atoms with E-state index >= 15 is 0 Å². The first kappa shape index (κ1) is 17.8. The molecule has 0 N–H and O–H groups in total. The molecular formula is C14H20FN3O4. The summed E-state index contributed by atoms with van der Waals surface area (Å²) in [6, 6.07) is 0. The van der Waals surface area contributed by atoms with Gasteiger partial charge in [-0.15, -0.1) is 0 Å². The van der Waals surface area contributed by atoms with Crippen molar-refractivity contribution in [3.63, 3.8) is 0 Å². The molecule has 1 aromatic heterocycles. The van der Waals surface area contributed by atoms with E-state index in [2.05, 4.69) is 5.10 Å². The zero-order chi connectivity index (χ0) is 17.1. The molecule has 22 heavy (non-hydrogen) atoms. The highest BCUT2D eigenvalue weighted by Gasteiger charge is 2.33. The first-order valence-electron chi connectivity index (χ1n) is 6.90. The Balaban J connectivity index is 3.24. The van der Waals surface area contributed by atoms with E-state index in [-0.39, 0.29) is 18.0 Å². The predicted octanol–water partition coefficient (Wildman–Crippen LogP) is 2.59. The van der Waals surface area contributed by atoms with Crippen LogP contribution in [0.25, 0.3) is 6.08 Å². The molecule has 0 radical (unpaired) electrons. The van der Waals surface area contributed by atoms with Crippen LogP contribution < -0.4 is 0 Å². The molecular weight excluding hydrogens is 293 g/mol. The van der Waals surface area contributed by atoms with Crippen LogP contribution in [0.3, 0.4) is 0 Å². The lowest BCUT2D eigenvalue weighted by atomic mass is 10.1. The maximum Gasteiger partial charge on any atom is 0.333 e. The van der Waals surface area contributed by atoms with Gasteiger partial charge in [0.1, 0.15) is 5.69 Å². The first-order valence-corrected chi connectivity index (χ1v) is 6.90. The van der Waals surface area contributed by atoms with Crippen LogP contribution in [0.2, 0.25) is 0 Å². The average Bonchev–Trinajstić information content (AvgIpc) is 2.77. The Morgan fingerprint density at radius 2 is 2.18 bits per heavy atom. The molecule has 1 rings (SSSR count). The normalized spacial score (nSPS) is 12.6. The molecule has 0 aliphatic rings. The lowest BCUT2D eigenvalue weighted by Gasteiger charge is -2.22. The highest BCUT2D eigenvalue weighted by Crippen LogP contribution is 2.21. The molecule has 0 atom stereocenters. The summed E-state index contributed by atoms with van der Waals surface area (Å²) in [5, 5.41) is 14.9. The first-order chi connectivity index (χ1) is 10.1. The fraction of sp³-hybridized carbons (Fsp3) is 0.571. The summed E-state index contributed by atoms with van der Waals surface area (Å²) < 4.78 is 20.0. The fourth-order valence-corrected chi connectivity index (χ4v) is 1.72. The Morgan fingerprint density at radius 3 is 2.64 bits per heavy atom. The topological polar surface area (TPSA) is 87.3 Å². The molecule has 0 amide bonds. The zero-order valence-corrected chi connectivity index (χ0v) is 13.3. The fourth-order valence-electron chi connectivity index (χ4n) is 1.72. The molecule has 0 fully saturated rings. The quantitative estimate of drug-likeness (QED) is 0.457. The largest absolute Gasteiger partial charge is 0.464 e. The minimum absolute atomic E-state index is 0.155. The number of halogens is 1. The van der Waals surface area contributed by atoms with Crippen molar-refractivity contribution < 1.29 is 18.8 Å². The molecule has 0 spiro atoms. The second kappa shape index (κ2) is 6.67. The van der Waals surface area contributed by atoms with Gasteiger partial charge in [-0.3, -0.25) is 14.8 Å². The summed E-state index contributed by atoms with van der Waals surface area (Å²) in [5.74, 6) is -1.69. The Labute approximate surface area is 127 Å². The number of hydrogen-bond donors (Lipinski definition) is 0. The van der Waals surface area contributed by atoms with Crippen LogP contribution in [0, 0.1) is 21.8 Å². The molecule has 1 aromatic rings. The van der Waals surface area contributed by atoms with Gasteiger partial charge < -0.3 is 4.74 Å². The van der Waals surface area contributed by atoms with E-state index in [9.17, 15) is 19.3 Å². The van der Waals surface area contributed by atoms with E-state index in [1.807, 2.05) is 0 Å². The van der Waals surface area contributed by atoms with Crippen molar-refractivity contribution in [1.29, 1.82) is 0 Å². The van der Waals surface area contributed by atoms with Crippen LogP contribution >= 0.6 is 0 Å². The van der Waals surface area contributed by atoms with Gasteiger partial charge in [0.15, 0.2) is 11.4 Å². The van der Waals surface area contributed by atoms with Crippen LogP contribution in [0.1, 0.15) is 40.3 Å². The summed E-state index contributed by atoms with van der Waals surface area (Å²) >= 11 is 0. The van der Waals surface area contributed by atoms with Crippen LogP contribution in [0.15, 0.2) is 11.9 Å². The van der Waals surface area contributed by atoms with Crippen molar-refractivity contribution >= 4 is 12.0 Å². The molecule has 0 unspecified atom stereocenters. The monoisotopic (exact) mass is 313 g/mol. The Kier molecular flexibility index (Phi) is 5.40. The molecule has 0 aliphatic carbocycles. The number of aromatic nitrogens is 2. The summed E-state index contributed by atoms with van der Waals surface area (Å²) in [7, 11) is 0. The van der Waals surface area contributed by atoms with E-state index in [1.165, 1.54) is 13.8 Å². The third-order valence-electron chi connectivity index (χ3n) is 3.13. The van der Waals surface area contributed by atoms with Crippen molar-refractivity contribution in [2.24, 2.45) is 5.92 Å².